The lowest BCUT2D eigenvalue weighted by atomic mass is 11.5. The maximum absolute atomic E-state index is 4.95. The lowest BCUT2D eigenvalue weighted by Gasteiger charge is -1.87. The molecule has 5 heteroatoms. The third kappa shape index (κ3) is 4.16. The molecule has 0 saturated heterocycles. The van der Waals surface area contributed by atoms with Crippen molar-refractivity contribution in [3.8, 4) is 0 Å². The highest BCUT2D eigenvalue weighted by Crippen LogP contribution is 1.84. The SMILES string of the molecule is NNSC(N)=S. The lowest BCUT2D eigenvalue weighted by Crippen LogP contribution is -2.18. The summed E-state index contributed by atoms with van der Waals surface area (Å²) in [6.45, 7) is 0. The minimum atomic E-state index is 0.303. The molecule has 0 heterocycles. The van der Waals surface area contributed by atoms with Crippen molar-refractivity contribution in [3.63, 3.8) is 0 Å². The highest BCUT2D eigenvalue weighted by Gasteiger charge is 1.78. The van der Waals surface area contributed by atoms with Crippen LogP contribution in [-0.4, -0.2) is 4.32 Å². The molecule has 0 rings (SSSR count). The summed E-state index contributed by atoms with van der Waals surface area (Å²) < 4.78 is 0.303. The van der Waals surface area contributed by atoms with Gasteiger partial charge in [0.05, 0.1) is 0 Å². The monoisotopic (exact) mass is 123 g/mol. The van der Waals surface area contributed by atoms with E-state index in [9.17, 15) is 0 Å². The zero-order valence-electron chi connectivity index (χ0n) is 2.97. The molecule has 0 bridgehead atoms. The summed E-state index contributed by atoms with van der Waals surface area (Å²) in [5, 5.41) is 0. The Kier molecular flexibility index (Phi) is 3.44. The average molecular weight is 123 g/mol. The van der Waals surface area contributed by atoms with E-state index >= 15 is 0 Å². The Morgan fingerprint density at radius 3 is 2.33 bits per heavy atom. The Morgan fingerprint density at radius 2 is 2.33 bits per heavy atom. The van der Waals surface area contributed by atoms with Gasteiger partial charge in [-0.15, -0.1) is 0 Å². The summed E-state index contributed by atoms with van der Waals surface area (Å²) in [4.78, 5) is 2.22. The number of hydrazine groups is 1. The van der Waals surface area contributed by atoms with Crippen molar-refractivity contribution in [2.24, 2.45) is 11.6 Å². The molecular weight excluding hydrogens is 118 g/mol. The normalized spacial score (nSPS) is 8.17. The van der Waals surface area contributed by atoms with E-state index in [1.54, 1.807) is 0 Å². The van der Waals surface area contributed by atoms with Crippen LogP contribution in [0.15, 0.2) is 0 Å². The third-order valence-corrected chi connectivity index (χ3v) is 0.729. The van der Waals surface area contributed by atoms with E-state index in [0.29, 0.717) is 4.32 Å². The second-order valence-electron chi connectivity index (χ2n) is 0.539. The van der Waals surface area contributed by atoms with Gasteiger partial charge in [-0.3, -0.25) is 5.84 Å². The van der Waals surface area contributed by atoms with Gasteiger partial charge >= 0.3 is 0 Å². The maximum Gasteiger partial charge on any atom is 0.147 e. The molecule has 0 aliphatic carbocycles. The van der Waals surface area contributed by atoms with Gasteiger partial charge in [-0.25, -0.2) is 0 Å². The minimum Gasteiger partial charge on any atom is -0.384 e. The van der Waals surface area contributed by atoms with Gasteiger partial charge in [0.2, 0.25) is 0 Å². The molecule has 5 N–H and O–H groups in total. The molecule has 0 aromatic carbocycles. The van der Waals surface area contributed by atoms with Crippen molar-refractivity contribution >= 4 is 28.5 Å². The Balaban J connectivity index is 2.83. The first-order chi connectivity index (χ1) is 2.77. The highest BCUT2D eigenvalue weighted by molar-refractivity contribution is 8.21. The van der Waals surface area contributed by atoms with E-state index in [1.807, 2.05) is 0 Å². The topological polar surface area (TPSA) is 64.1 Å². The van der Waals surface area contributed by atoms with E-state index in [2.05, 4.69) is 17.0 Å². The fourth-order valence-electron chi connectivity index (χ4n) is 0.0581. The second kappa shape index (κ2) is 3.35. The molecule has 0 aliphatic rings. The molecular formula is CH5N3S2. The largest absolute Gasteiger partial charge is 0.384 e. The molecule has 0 atom stereocenters. The summed E-state index contributed by atoms with van der Waals surface area (Å²) in [7, 11) is 0. The molecule has 0 saturated carbocycles. The number of hydrogen-bond donors (Lipinski definition) is 3. The summed E-state index contributed by atoms with van der Waals surface area (Å²) in [6.07, 6.45) is 0. The molecule has 0 aromatic heterocycles. The summed E-state index contributed by atoms with van der Waals surface area (Å²) in [5.41, 5.74) is 4.95. The number of hydrogen-bond acceptors (Lipinski definition) is 4. The third-order valence-electron chi connectivity index (χ3n) is 0.160. The zero-order chi connectivity index (χ0) is 4.99. The first-order valence-corrected chi connectivity index (χ1v) is 2.41. The fourth-order valence-corrected chi connectivity index (χ4v) is 0.319. The van der Waals surface area contributed by atoms with Gasteiger partial charge in [-0.1, -0.05) is 12.2 Å². The second-order valence-corrected chi connectivity index (χ2v) is 2.12. The number of nitrogens with one attached hydrogen (secondary N) is 1. The Morgan fingerprint density at radius 1 is 1.83 bits per heavy atom. The van der Waals surface area contributed by atoms with Crippen LogP contribution in [0.2, 0.25) is 0 Å². The van der Waals surface area contributed by atoms with E-state index in [4.69, 9.17) is 11.6 Å². The summed E-state index contributed by atoms with van der Waals surface area (Å²) in [5.74, 6) is 4.77. The van der Waals surface area contributed by atoms with Crippen LogP contribution in [0, 0.1) is 0 Å². The average Bonchev–Trinajstić information content (AvgIpc) is 1.35. The van der Waals surface area contributed by atoms with Crippen LogP contribution in [0.3, 0.4) is 0 Å². The van der Waals surface area contributed by atoms with Crippen molar-refractivity contribution < 1.29 is 0 Å². The Labute approximate surface area is 45.6 Å². The molecule has 0 aliphatic heterocycles. The molecule has 6 heavy (non-hydrogen) atoms. The molecule has 36 valence electrons. The zero-order valence-corrected chi connectivity index (χ0v) is 4.60. The smallest absolute Gasteiger partial charge is 0.147 e. The minimum absolute atomic E-state index is 0.303. The predicted octanol–water partition coefficient (Wildman–Crippen LogP) is -0.659. The standard InChI is InChI=1S/CH5N3S2/c2-1(5)6-4-3/h4H,3H2,(H2,2,5). The van der Waals surface area contributed by atoms with Crippen LogP contribution in [-0.2, 0) is 0 Å². The Hall–Kier alpha value is 0.160. The molecule has 3 nitrogen and oxygen atoms in total. The first-order valence-electron chi connectivity index (χ1n) is 1.19. The van der Waals surface area contributed by atoms with Gasteiger partial charge < -0.3 is 5.73 Å². The molecule has 0 fully saturated rings. The van der Waals surface area contributed by atoms with E-state index in [0.717, 1.165) is 11.9 Å². The van der Waals surface area contributed by atoms with Crippen LogP contribution < -0.4 is 16.4 Å². The van der Waals surface area contributed by atoms with Gasteiger partial charge in [0.25, 0.3) is 0 Å². The van der Waals surface area contributed by atoms with Crippen LogP contribution in [0.1, 0.15) is 0 Å². The van der Waals surface area contributed by atoms with Crippen LogP contribution in [0.25, 0.3) is 0 Å². The van der Waals surface area contributed by atoms with Crippen molar-refractivity contribution in [2.75, 3.05) is 0 Å². The lowest BCUT2D eigenvalue weighted by molar-refractivity contribution is 1.13. The molecule has 0 unspecified atom stereocenters. The summed E-state index contributed by atoms with van der Waals surface area (Å²) >= 11 is 5.42. The van der Waals surface area contributed by atoms with Crippen LogP contribution in [0.5, 0.6) is 0 Å². The first kappa shape index (κ1) is 6.16. The van der Waals surface area contributed by atoms with Crippen molar-refractivity contribution in [1.82, 2.24) is 4.83 Å². The van der Waals surface area contributed by atoms with Gasteiger partial charge in [0.1, 0.15) is 4.32 Å². The van der Waals surface area contributed by atoms with Gasteiger partial charge in [-0.2, -0.15) is 4.83 Å². The Bertz CT molecular complexity index is 52.8. The fraction of sp³-hybridized carbons (Fsp3) is 0. The van der Waals surface area contributed by atoms with Gasteiger partial charge in [-0.05, 0) is 11.9 Å². The maximum atomic E-state index is 4.95. The molecule has 0 radical (unpaired) electrons. The van der Waals surface area contributed by atoms with Gasteiger partial charge in [0.15, 0.2) is 0 Å². The van der Waals surface area contributed by atoms with Crippen molar-refractivity contribution in [1.29, 1.82) is 0 Å². The molecule has 0 amide bonds. The molecule has 0 spiro atoms. The highest BCUT2D eigenvalue weighted by atomic mass is 32.2. The van der Waals surface area contributed by atoms with E-state index in [1.165, 1.54) is 0 Å². The number of nitrogens with two attached hydrogens (primary N) is 2. The van der Waals surface area contributed by atoms with E-state index in [-0.39, 0.29) is 0 Å². The van der Waals surface area contributed by atoms with Crippen LogP contribution in [0.4, 0.5) is 0 Å². The predicted molar refractivity (Wildman–Crippen MR) is 31.7 cm³/mol. The molecule has 0 aromatic rings. The van der Waals surface area contributed by atoms with Crippen molar-refractivity contribution in [3.05, 3.63) is 0 Å². The number of thiocarbonyl (C=S) groups is 1. The summed E-state index contributed by atoms with van der Waals surface area (Å²) in [6, 6.07) is 0. The van der Waals surface area contributed by atoms with E-state index < -0.39 is 0 Å². The van der Waals surface area contributed by atoms with Gasteiger partial charge in [0, 0.05) is 0 Å². The van der Waals surface area contributed by atoms with Crippen molar-refractivity contribution in [2.45, 2.75) is 0 Å². The number of rotatable bonds is 1. The van der Waals surface area contributed by atoms with Crippen LogP contribution >= 0.6 is 24.2 Å². The quantitative estimate of drug-likeness (QED) is 0.187.